The molecule has 0 amide bonds. The number of sulfonamides is 1. The lowest BCUT2D eigenvalue weighted by atomic mass is 9.86. The van der Waals surface area contributed by atoms with Crippen molar-refractivity contribution in [1.82, 2.24) is 10.0 Å². The summed E-state index contributed by atoms with van der Waals surface area (Å²) < 4.78 is 27.0. The normalized spacial score (nSPS) is 22.3. The van der Waals surface area contributed by atoms with E-state index in [1.54, 1.807) is 20.8 Å². The first-order valence-electron chi connectivity index (χ1n) is 10.7. The summed E-state index contributed by atoms with van der Waals surface area (Å²) in [5.74, 6) is 0.588. The monoisotopic (exact) mass is 412 g/mol. The van der Waals surface area contributed by atoms with Crippen molar-refractivity contribution in [3.05, 3.63) is 59.7 Å². The lowest BCUT2D eigenvalue weighted by Crippen LogP contribution is -2.46. The maximum absolute atomic E-state index is 12.4. The van der Waals surface area contributed by atoms with E-state index in [0.29, 0.717) is 5.92 Å². The summed E-state index contributed by atoms with van der Waals surface area (Å²) in [5, 5.41) is 3.81. The molecule has 156 valence electrons. The summed E-state index contributed by atoms with van der Waals surface area (Å²) >= 11 is 0. The van der Waals surface area contributed by atoms with Crippen molar-refractivity contribution in [3.8, 4) is 11.1 Å². The highest BCUT2D eigenvalue weighted by atomic mass is 32.2. The van der Waals surface area contributed by atoms with Crippen molar-refractivity contribution < 1.29 is 8.42 Å². The van der Waals surface area contributed by atoms with Gasteiger partial charge in [-0.3, -0.25) is 0 Å². The Morgan fingerprint density at radius 1 is 0.862 bits per heavy atom. The second kappa shape index (κ2) is 7.86. The number of hydrogen-bond donors (Lipinski definition) is 2. The Kier molecular flexibility index (Phi) is 5.58. The molecule has 0 atom stereocenters. The average molecular weight is 413 g/mol. The van der Waals surface area contributed by atoms with Gasteiger partial charge in [0.05, 0.1) is 10.8 Å². The molecule has 2 N–H and O–H groups in total. The van der Waals surface area contributed by atoms with Crippen molar-refractivity contribution in [2.75, 3.05) is 6.54 Å². The summed E-state index contributed by atoms with van der Waals surface area (Å²) in [7, 11) is -3.27. The highest BCUT2D eigenvalue weighted by molar-refractivity contribution is 7.90. The van der Waals surface area contributed by atoms with Crippen LogP contribution in [-0.2, 0) is 10.0 Å². The minimum atomic E-state index is -3.27. The number of fused-ring (bicyclic) bond motifs is 3. The molecule has 4 rings (SSSR count). The van der Waals surface area contributed by atoms with Gasteiger partial charge in [-0.05, 0) is 81.2 Å². The van der Waals surface area contributed by atoms with E-state index < -0.39 is 14.8 Å². The molecule has 0 unspecified atom stereocenters. The van der Waals surface area contributed by atoms with Crippen LogP contribution in [0.2, 0.25) is 0 Å². The van der Waals surface area contributed by atoms with E-state index in [9.17, 15) is 8.42 Å². The summed E-state index contributed by atoms with van der Waals surface area (Å²) in [6, 6.07) is 17.7. The van der Waals surface area contributed by atoms with E-state index in [2.05, 4.69) is 58.6 Å². The first-order valence-corrected chi connectivity index (χ1v) is 12.2. The van der Waals surface area contributed by atoms with Crippen LogP contribution < -0.4 is 10.0 Å². The van der Waals surface area contributed by atoms with Gasteiger partial charge < -0.3 is 5.32 Å². The van der Waals surface area contributed by atoms with E-state index in [1.807, 2.05) is 0 Å². The van der Waals surface area contributed by atoms with Crippen LogP contribution >= 0.6 is 0 Å². The maximum atomic E-state index is 12.4. The smallest absolute Gasteiger partial charge is 0.216 e. The molecule has 2 aliphatic carbocycles. The van der Waals surface area contributed by atoms with E-state index in [-0.39, 0.29) is 12.1 Å². The predicted octanol–water partition coefficient (Wildman–Crippen LogP) is 4.62. The maximum Gasteiger partial charge on any atom is 0.216 e. The third-order valence-electron chi connectivity index (χ3n) is 6.42. The molecular formula is C24H32N2O2S. The fourth-order valence-corrected chi connectivity index (χ4v) is 5.57. The Bertz CT molecular complexity index is 925. The molecule has 0 aromatic heterocycles. The molecule has 2 aromatic carbocycles. The van der Waals surface area contributed by atoms with E-state index in [1.165, 1.54) is 22.3 Å². The van der Waals surface area contributed by atoms with Crippen LogP contribution in [0.5, 0.6) is 0 Å². The van der Waals surface area contributed by atoms with Crippen LogP contribution in [0.3, 0.4) is 0 Å². The number of nitrogens with one attached hydrogen (secondary N) is 2. The van der Waals surface area contributed by atoms with Crippen molar-refractivity contribution in [3.63, 3.8) is 0 Å². The quantitative estimate of drug-likeness (QED) is 0.753. The zero-order chi connectivity index (χ0) is 20.6. The van der Waals surface area contributed by atoms with Crippen LogP contribution in [0.25, 0.3) is 11.1 Å². The second-order valence-electron chi connectivity index (χ2n) is 9.47. The van der Waals surface area contributed by atoms with Crippen molar-refractivity contribution >= 4 is 10.0 Å². The molecule has 1 fully saturated rings. The van der Waals surface area contributed by atoms with Gasteiger partial charge in [-0.15, -0.1) is 0 Å². The van der Waals surface area contributed by atoms with E-state index >= 15 is 0 Å². The predicted molar refractivity (Wildman–Crippen MR) is 119 cm³/mol. The highest BCUT2D eigenvalue weighted by Gasteiger charge is 2.33. The van der Waals surface area contributed by atoms with Gasteiger partial charge in [0.2, 0.25) is 10.0 Å². The molecule has 29 heavy (non-hydrogen) atoms. The van der Waals surface area contributed by atoms with Gasteiger partial charge in [0.1, 0.15) is 0 Å². The van der Waals surface area contributed by atoms with Crippen LogP contribution in [0.4, 0.5) is 0 Å². The fourth-order valence-electron chi connectivity index (χ4n) is 4.54. The topological polar surface area (TPSA) is 58.2 Å². The summed E-state index contributed by atoms with van der Waals surface area (Å²) in [5.41, 5.74) is 5.39. The minimum absolute atomic E-state index is 0.0726. The minimum Gasteiger partial charge on any atom is -0.306 e. The Morgan fingerprint density at radius 2 is 1.38 bits per heavy atom. The van der Waals surface area contributed by atoms with Gasteiger partial charge in [0, 0.05) is 6.04 Å². The van der Waals surface area contributed by atoms with Crippen molar-refractivity contribution in [2.45, 2.75) is 63.3 Å². The van der Waals surface area contributed by atoms with Crippen molar-refractivity contribution in [2.24, 2.45) is 5.92 Å². The molecular weight excluding hydrogens is 380 g/mol. The molecule has 0 aliphatic heterocycles. The van der Waals surface area contributed by atoms with Crippen LogP contribution in [0, 0.1) is 5.92 Å². The average Bonchev–Trinajstić information content (AvgIpc) is 3.00. The standard InChI is InChI=1S/C24H32N2O2S/c1-24(2,3)29(27,28)26-18-14-12-17(13-15-18)16-25-23-21-10-6-4-8-19(21)20-9-5-7-11-22(20)23/h4-11,17-18,23,25-26H,12-16H2,1-3H3. The third-order valence-corrected chi connectivity index (χ3v) is 8.68. The second-order valence-corrected chi connectivity index (χ2v) is 11.9. The van der Waals surface area contributed by atoms with E-state index in [0.717, 1.165) is 32.2 Å². The van der Waals surface area contributed by atoms with E-state index in [4.69, 9.17) is 0 Å². The van der Waals surface area contributed by atoms with Crippen molar-refractivity contribution in [1.29, 1.82) is 0 Å². The Hall–Kier alpha value is -1.69. The van der Waals surface area contributed by atoms with Gasteiger partial charge in [-0.25, -0.2) is 13.1 Å². The van der Waals surface area contributed by atoms with Gasteiger partial charge in [-0.2, -0.15) is 0 Å². The highest BCUT2D eigenvalue weighted by Crippen LogP contribution is 2.43. The summed E-state index contributed by atoms with van der Waals surface area (Å²) in [6.07, 6.45) is 3.94. The first kappa shape index (κ1) is 20.6. The molecule has 5 heteroatoms. The SMILES string of the molecule is CC(C)(C)S(=O)(=O)NC1CCC(CNC2c3ccccc3-c3ccccc32)CC1. The van der Waals surface area contributed by atoms with Gasteiger partial charge in [0.15, 0.2) is 0 Å². The lowest BCUT2D eigenvalue weighted by molar-refractivity contribution is 0.297. The molecule has 0 spiro atoms. The molecule has 0 bridgehead atoms. The number of hydrogen-bond acceptors (Lipinski definition) is 3. The molecule has 0 radical (unpaired) electrons. The molecule has 1 saturated carbocycles. The van der Waals surface area contributed by atoms with Crippen LogP contribution in [0.1, 0.15) is 63.6 Å². The van der Waals surface area contributed by atoms with Gasteiger partial charge >= 0.3 is 0 Å². The largest absolute Gasteiger partial charge is 0.306 e. The Balaban J connectivity index is 1.36. The summed E-state index contributed by atoms with van der Waals surface area (Å²) in [6.45, 7) is 6.22. The summed E-state index contributed by atoms with van der Waals surface area (Å²) in [4.78, 5) is 0. The number of benzene rings is 2. The zero-order valence-electron chi connectivity index (χ0n) is 17.6. The third kappa shape index (κ3) is 4.14. The lowest BCUT2D eigenvalue weighted by Gasteiger charge is -2.32. The van der Waals surface area contributed by atoms with Gasteiger partial charge in [0.25, 0.3) is 0 Å². The Labute approximate surface area is 175 Å². The zero-order valence-corrected chi connectivity index (χ0v) is 18.4. The molecule has 0 saturated heterocycles. The fraction of sp³-hybridized carbons (Fsp3) is 0.500. The number of rotatable bonds is 5. The van der Waals surface area contributed by atoms with Gasteiger partial charge in [-0.1, -0.05) is 48.5 Å². The van der Waals surface area contributed by atoms with Crippen LogP contribution in [-0.4, -0.2) is 25.8 Å². The molecule has 0 heterocycles. The Morgan fingerprint density at radius 3 is 1.90 bits per heavy atom. The molecule has 2 aromatic rings. The van der Waals surface area contributed by atoms with Crippen LogP contribution in [0.15, 0.2) is 48.5 Å². The first-order chi connectivity index (χ1) is 13.8. The molecule has 4 nitrogen and oxygen atoms in total. The molecule has 2 aliphatic rings.